The molecule has 2 unspecified atom stereocenters. The van der Waals surface area contributed by atoms with Crippen molar-refractivity contribution in [2.24, 2.45) is 5.92 Å². The highest BCUT2D eigenvalue weighted by Crippen LogP contribution is 2.40. The first-order chi connectivity index (χ1) is 14.5. The van der Waals surface area contributed by atoms with Crippen LogP contribution in [-0.4, -0.2) is 43.2 Å². The molecule has 4 aromatic rings. The SMILES string of the molecule is CCNc1c(F)c(Cl)c(-c2cn3cc(NC(=O)C4CC4F)nc3cn2)c2cn[nH]c12. The molecule has 30 heavy (non-hydrogen) atoms. The van der Waals surface area contributed by atoms with E-state index >= 15 is 0 Å². The van der Waals surface area contributed by atoms with Crippen LogP contribution in [0.15, 0.2) is 24.8 Å². The van der Waals surface area contributed by atoms with Gasteiger partial charge in [0.05, 0.1) is 46.4 Å². The highest BCUT2D eigenvalue weighted by Gasteiger charge is 2.43. The molecule has 11 heteroatoms. The Hall–Kier alpha value is -3.27. The van der Waals surface area contributed by atoms with E-state index in [9.17, 15) is 13.6 Å². The number of anilines is 2. The Morgan fingerprint density at radius 3 is 2.93 bits per heavy atom. The maximum absolute atomic E-state index is 14.9. The molecule has 8 nitrogen and oxygen atoms in total. The zero-order valence-electron chi connectivity index (χ0n) is 15.7. The molecule has 0 saturated heterocycles. The minimum Gasteiger partial charge on any atom is -0.381 e. The summed E-state index contributed by atoms with van der Waals surface area (Å²) in [6.45, 7) is 2.36. The molecule has 3 heterocycles. The molecule has 1 aromatic carbocycles. The summed E-state index contributed by atoms with van der Waals surface area (Å²) < 4.78 is 29.7. The van der Waals surface area contributed by atoms with Gasteiger partial charge in [-0.25, -0.2) is 13.8 Å². The van der Waals surface area contributed by atoms with Crippen molar-refractivity contribution in [3.8, 4) is 11.3 Å². The van der Waals surface area contributed by atoms with Gasteiger partial charge in [0.25, 0.3) is 0 Å². The Morgan fingerprint density at radius 2 is 2.20 bits per heavy atom. The van der Waals surface area contributed by atoms with E-state index in [2.05, 4.69) is 30.8 Å². The first-order valence-electron chi connectivity index (χ1n) is 9.36. The van der Waals surface area contributed by atoms with Crippen molar-refractivity contribution >= 4 is 45.6 Å². The molecule has 0 spiro atoms. The zero-order valence-corrected chi connectivity index (χ0v) is 16.5. The number of halogens is 3. The summed E-state index contributed by atoms with van der Waals surface area (Å²) in [5.74, 6) is -1.33. The highest BCUT2D eigenvalue weighted by atomic mass is 35.5. The van der Waals surface area contributed by atoms with Crippen molar-refractivity contribution in [1.82, 2.24) is 24.6 Å². The van der Waals surface area contributed by atoms with Crippen LogP contribution in [0.4, 0.5) is 20.3 Å². The second kappa shape index (κ2) is 6.91. The molecule has 0 bridgehead atoms. The van der Waals surface area contributed by atoms with Gasteiger partial charge in [0.2, 0.25) is 5.91 Å². The molecule has 1 aliphatic carbocycles. The third-order valence-corrected chi connectivity index (χ3v) is 5.40. The smallest absolute Gasteiger partial charge is 0.231 e. The highest BCUT2D eigenvalue weighted by molar-refractivity contribution is 6.35. The largest absolute Gasteiger partial charge is 0.381 e. The maximum atomic E-state index is 14.9. The average Bonchev–Trinajstić information content (AvgIpc) is 3.11. The molecule has 3 aromatic heterocycles. The van der Waals surface area contributed by atoms with Crippen LogP contribution in [-0.2, 0) is 4.79 Å². The fourth-order valence-corrected chi connectivity index (χ4v) is 3.74. The van der Waals surface area contributed by atoms with Crippen molar-refractivity contribution in [3.05, 3.63) is 35.6 Å². The number of aromatic nitrogens is 5. The number of hydrogen-bond acceptors (Lipinski definition) is 5. The fourth-order valence-electron chi connectivity index (χ4n) is 3.45. The van der Waals surface area contributed by atoms with Crippen LogP contribution in [0.25, 0.3) is 27.8 Å². The van der Waals surface area contributed by atoms with E-state index in [1.54, 1.807) is 23.0 Å². The summed E-state index contributed by atoms with van der Waals surface area (Å²) in [5, 5.41) is 12.9. The van der Waals surface area contributed by atoms with Crippen LogP contribution < -0.4 is 10.6 Å². The summed E-state index contributed by atoms with van der Waals surface area (Å²) >= 11 is 6.37. The lowest BCUT2D eigenvalue weighted by Gasteiger charge is -2.12. The van der Waals surface area contributed by atoms with Gasteiger partial charge in [0.1, 0.15) is 6.17 Å². The van der Waals surface area contributed by atoms with E-state index in [1.807, 2.05) is 6.92 Å². The second-order valence-electron chi connectivity index (χ2n) is 7.08. The van der Waals surface area contributed by atoms with Gasteiger partial charge in [0.15, 0.2) is 17.3 Å². The number of benzene rings is 1. The minimum absolute atomic E-state index is 0.0805. The van der Waals surface area contributed by atoms with E-state index in [4.69, 9.17) is 11.6 Å². The third kappa shape index (κ3) is 2.95. The van der Waals surface area contributed by atoms with Crippen LogP contribution in [0.3, 0.4) is 0 Å². The first kappa shape index (κ1) is 18.7. The van der Waals surface area contributed by atoms with Crippen molar-refractivity contribution in [3.63, 3.8) is 0 Å². The standard InChI is InChI=1S/C19H16ClF2N7O/c1-2-23-18-16(22)15(20)14(9-4-25-28-17(9)18)11-6-29-7-12(26-13(29)5-24-11)27-19(30)8-3-10(8)21/h4-8,10,23H,2-3H2,1H3,(H,25,28)(H,27,30). The van der Waals surface area contributed by atoms with Gasteiger partial charge in [0, 0.05) is 23.7 Å². The Morgan fingerprint density at radius 1 is 1.40 bits per heavy atom. The lowest BCUT2D eigenvalue weighted by atomic mass is 10.1. The van der Waals surface area contributed by atoms with Crippen LogP contribution in [0.2, 0.25) is 5.02 Å². The molecule has 1 fully saturated rings. The molecule has 1 aliphatic rings. The Balaban J connectivity index is 1.57. The lowest BCUT2D eigenvalue weighted by molar-refractivity contribution is -0.117. The Labute approximate surface area is 173 Å². The predicted molar refractivity (Wildman–Crippen MR) is 109 cm³/mol. The monoisotopic (exact) mass is 431 g/mol. The number of amides is 1. The minimum atomic E-state index is -1.09. The number of imidazole rings is 1. The number of rotatable bonds is 5. The van der Waals surface area contributed by atoms with Gasteiger partial charge in [-0.1, -0.05) is 11.6 Å². The molecule has 154 valence electrons. The van der Waals surface area contributed by atoms with E-state index in [1.165, 1.54) is 6.20 Å². The number of aromatic amines is 1. The molecule has 1 saturated carbocycles. The Kier molecular flexibility index (Phi) is 4.31. The summed E-state index contributed by atoms with van der Waals surface area (Å²) in [4.78, 5) is 20.6. The van der Waals surface area contributed by atoms with E-state index in [0.717, 1.165) is 0 Å². The van der Waals surface area contributed by atoms with E-state index in [-0.39, 0.29) is 22.9 Å². The molecular weight excluding hydrogens is 416 g/mol. The number of fused-ring (bicyclic) bond motifs is 2. The number of carbonyl (C=O) groups is 1. The number of H-pyrrole nitrogens is 1. The molecule has 2 atom stereocenters. The van der Waals surface area contributed by atoms with E-state index in [0.29, 0.717) is 34.4 Å². The van der Waals surface area contributed by atoms with Gasteiger partial charge < -0.3 is 15.0 Å². The van der Waals surface area contributed by atoms with Crippen molar-refractivity contribution in [1.29, 1.82) is 0 Å². The molecule has 0 aliphatic heterocycles. The number of hydrogen-bond donors (Lipinski definition) is 3. The van der Waals surface area contributed by atoms with Gasteiger partial charge in [-0.3, -0.25) is 14.9 Å². The van der Waals surface area contributed by atoms with Crippen LogP contribution in [0, 0.1) is 11.7 Å². The third-order valence-electron chi connectivity index (χ3n) is 5.04. The van der Waals surface area contributed by atoms with Gasteiger partial charge in [-0.15, -0.1) is 0 Å². The van der Waals surface area contributed by atoms with Gasteiger partial charge >= 0.3 is 0 Å². The molecular formula is C19H16ClF2N7O. The molecule has 3 N–H and O–H groups in total. The predicted octanol–water partition coefficient (Wildman–Crippen LogP) is 3.79. The fraction of sp³-hybridized carbons (Fsp3) is 0.263. The number of alkyl halides is 1. The van der Waals surface area contributed by atoms with Crippen LogP contribution >= 0.6 is 11.6 Å². The lowest BCUT2D eigenvalue weighted by Crippen LogP contribution is -2.15. The van der Waals surface area contributed by atoms with Gasteiger partial charge in [-0.2, -0.15) is 5.10 Å². The van der Waals surface area contributed by atoms with Gasteiger partial charge in [-0.05, 0) is 13.3 Å². The summed E-state index contributed by atoms with van der Waals surface area (Å²) in [5.41, 5.74) is 1.99. The molecule has 5 rings (SSSR count). The normalized spacial score (nSPS) is 18.1. The molecule has 0 radical (unpaired) electrons. The number of carbonyl (C=O) groups excluding carboxylic acids is 1. The summed E-state index contributed by atoms with van der Waals surface area (Å²) in [7, 11) is 0. The zero-order chi connectivity index (χ0) is 21.0. The molecule has 1 amide bonds. The van der Waals surface area contributed by atoms with Crippen molar-refractivity contribution in [2.75, 3.05) is 17.2 Å². The Bertz CT molecular complexity index is 1300. The summed E-state index contributed by atoms with van der Waals surface area (Å²) in [6, 6.07) is 0. The number of nitrogens with zero attached hydrogens (tertiary/aromatic N) is 4. The van der Waals surface area contributed by atoms with E-state index < -0.39 is 23.8 Å². The topological polar surface area (TPSA) is 100 Å². The van der Waals surface area contributed by atoms with Crippen molar-refractivity contribution < 1.29 is 13.6 Å². The average molecular weight is 432 g/mol. The van der Waals surface area contributed by atoms with Crippen molar-refractivity contribution in [2.45, 2.75) is 19.5 Å². The van der Waals surface area contributed by atoms with Crippen LogP contribution in [0.5, 0.6) is 0 Å². The number of nitrogens with one attached hydrogen (secondary N) is 3. The second-order valence-corrected chi connectivity index (χ2v) is 7.46. The van der Waals surface area contributed by atoms with Crippen LogP contribution in [0.1, 0.15) is 13.3 Å². The quantitative estimate of drug-likeness (QED) is 0.446. The first-order valence-corrected chi connectivity index (χ1v) is 9.73. The maximum Gasteiger partial charge on any atom is 0.231 e. The summed E-state index contributed by atoms with van der Waals surface area (Å²) in [6.07, 6.45) is 5.41.